The van der Waals surface area contributed by atoms with Crippen molar-refractivity contribution in [2.45, 2.75) is 39.4 Å². The van der Waals surface area contributed by atoms with Crippen LogP contribution in [0.2, 0.25) is 0 Å². The average molecular weight is 238 g/mol. The normalized spacial score (nSPS) is 10.9. The Bertz CT molecular complexity index is 357. The van der Waals surface area contributed by atoms with Gasteiger partial charge in [0.1, 0.15) is 0 Å². The highest BCUT2D eigenvalue weighted by atomic mass is 16.2. The van der Waals surface area contributed by atoms with E-state index in [0.29, 0.717) is 19.0 Å². The summed E-state index contributed by atoms with van der Waals surface area (Å²) in [4.78, 5) is 17.3. The van der Waals surface area contributed by atoms with Gasteiger partial charge in [-0.2, -0.15) is 0 Å². The average Bonchev–Trinajstić information content (AvgIpc) is 2.70. The first-order valence-electron chi connectivity index (χ1n) is 5.93. The molecule has 1 aromatic heterocycles. The highest BCUT2D eigenvalue weighted by Crippen LogP contribution is 1.99. The first kappa shape index (κ1) is 13.7. The molecule has 1 rings (SSSR count). The van der Waals surface area contributed by atoms with Crippen molar-refractivity contribution in [1.82, 2.24) is 19.8 Å². The van der Waals surface area contributed by atoms with Gasteiger partial charge in [0.25, 0.3) is 0 Å². The zero-order chi connectivity index (χ0) is 12.8. The van der Waals surface area contributed by atoms with Crippen molar-refractivity contribution in [3.05, 3.63) is 18.2 Å². The minimum atomic E-state index is 0.139. The molecule has 0 aromatic carbocycles. The fraction of sp³-hybridized carbons (Fsp3) is 0.667. The summed E-state index contributed by atoms with van der Waals surface area (Å²) in [5, 5.41) is 3.31. The van der Waals surface area contributed by atoms with Gasteiger partial charge in [0.05, 0.1) is 12.0 Å². The number of aryl methyl sites for hydroxylation is 1. The quantitative estimate of drug-likeness (QED) is 0.799. The summed E-state index contributed by atoms with van der Waals surface area (Å²) in [5.74, 6) is 0.139. The zero-order valence-electron chi connectivity index (χ0n) is 11.1. The molecular weight excluding hydrogens is 216 g/mol. The van der Waals surface area contributed by atoms with Crippen LogP contribution in [0.4, 0.5) is 0 Å². The minimum Gasteiger partial charge on any atom is -0.349 e. The summed E-state index contributed by atoms with van der Waals surface area (Å²) in [6.07, 6.45) is 4.28. The van der Waals surface area contributed by atoms with Gasteiger partial charge < -0.3 is 14.8 Å². The predicted molar refractivity (Wildman–Crippen MR) is 67.5 cm³/mol. The number of aromatic nitrogens is 2. The highest BCUT2D eigenvalue weighted by molar-refractivity contribution is 5.75. The molecule has 17 heavy (non-hydrogen) atoms. The fourth-order valence-electron chi connectivity index (χ4n) is 1.38. The SMILES string of the molecule is CC(C)NCc1cn(CCC(=O)N(C)C)cn1. The maximum absolute atomic E-state index is 11.4. The Morgan fingerprint density at radius 2 is 2.24 bits per heavy atom. The molecule has 0 spiro atoms. The second-order valence-electron chi connectivity index (χ2n) is 4.68. The van der Waals surface area contributed by atoms with E-state index in [1.54, 1.807) is 25.3 Å². The molecule has 0 aliphatic carbocycles. The summed E-state index contributed by atoms with van der Waals surface area (Å²) in [6, 6.07) is 0.454. The molecule has 0 radical (unpaired) electrons. The predicted octanol–water partition coefficient (Wildman–Crippen LogP) is 0.859. The van der Waals surface area contributed by atoms with Crippen LogP contribution >= 0.6 is 0 Å². The topological polar surface area (TPSA) is 50.2 Å². The number of nitrogens with zero attached hydrogens (tertiary/aromatic N) is 3. The van der Waals surface area contributed by atoms with Gasteiger partial charge in [-0.05, 0) is 0 Å². The van der Waals surface area contributed by atoms with Crippen molar-refractivity contribution >= 4 is 5.91 Å². The summed E-state index contributed by atoms with van der Waals surface area (Å²) < 4.78 is 1.96. The van der Waals surface area contributed by atoms with E-state index in [-0.39, 0.29) is 5.91 Å². The number of rotatable bonds is 6. The molecule has 1 N–H and O–H groups in total. The zero-order valence-corrected chi connectivity index (χ0v) is 11.1. The summed E-state index contributed by atoms with van der Waals surface area (Å²) >= 11 is 0. The number of nitrogens with one attached hydrogen (secondary N) is 1. The van der Waals surface area contributed by atoms with Crippen LogP contribution in [0.5, 0.6) is 0 Å². The van der Waals surface area contributed by atoms with Crippen LogP contribution in [0.15, 0.2) is 12.5 Å². The Morgan fingerprint density at radius 3 is 2.82 bits per heavy atom. The molecular formula is C12H22N4O. The van der Waals surface area contributed by atoms with Crippen molar-refractivity contribution in [2.24, 2.45) is 0 Å². The molecule has 5 nitrogen and oxygen atoms in total. The number of imidazole rings is 1. The number of amides is 1. The molecule has 0 unspecified atom stereocenters. The van der Waals surface area contributed by atoms with E-state index in [1.165, 1.54) is 0 Å². The van der Waals surface area contributed by atoms with Crippen molar-refractivity contribution in [3.63, 3.8) is 0 Å². The maximum Gasteiger partial charge on any atom is 0.223 e. The number of hydrogen-bond acceptors (Lipinski definition) is 3. The van der Waals surface area contributed by atoms with E-state index in [9.17, 15) is 4.79 Å². The number of hydrogen-bond donors (Lipinski definition) is 1. The van der Waals surface area contributed by atoms with Gasteiger partial charge in [-0.25, -0.2) is 4.98 Å². The lowest BCUT2D eigenvalue weighted by Gasteiger charge is -2.09. The monoisotopic (exact) mass is 238 g/mol. The van der Waals surface area contributed by atoms with E-state index in [4.69, 9.17) is 0 Å². The maximum atomic E-state index is 11.4. The van der Waals surface area contributed by atoms with Gasteiger partial charge in [0.2, 0.25) is 5.91 Å². The van der Waals surface area contributed by atoms with Gasteiger partial charge in [-0.3, -0.25) is 4.79 Å². The van der Waals surface area contributed by atoms with Crippen LogP contribution in [0.3, 0.4) is 0 Å². The van der Waals surface area contributed by atoms with Gasteiger partial charge in [-0.15, -0.1) is 0 Å². The van der Waals surface area contributed by atoms with Crippen LogP contribution in [0.25, 0.3) is 0 Å². The van der Waals surface area contributed by atoms with E-state index < -0.39 is 0 Å². The van der Waals surface area contributed by atoms with Crippen molar-refractivity contribution < 1.29 is 4.79 Å². The molecule has 0 atom stereocenters. The molecule has 0 saturated carbocycles. The Morgan fingerprint density at radius 1 is 1.53 bits per heavy atom. The first-order valence-corrected chi connectivity index (χ1v) is 5.93. The molecule has 0 fully saturated rings. The molecule has 0 saturated heterocycles. The van der Waals surface area contributed by atoms with Gasteiger partial charge >= 0.3 is 0 Å². The van der Waals surface area contributed by atoms with Crippen molar-refractivity contribution in [1.29, 1.82) is 0 Å². The molecule has 1 aromatic rings. The molecule has 1 heterocycles. The molecule has 0 bridgehead atoms. The highest BCUT2D eigenvalue weighted by Gasteiger charge is 2.05. The lowest BCUT2D eigenvalue weighted by molar-refractivity contribution is -0.128. The molecule has 0 aliphatic heterocycles. The van der Waals surface area contributed by atoms with Crippen LogP contribution in [0, 0.1) is 0 Å². The Labute approximate surface area is 103 Å². The van der Waals surface area contributed by atoms with Crippen molar-refractivity contribution in [2.75, 3.05) is 14.1 Å². The van der Waals surface area contributed by atoms with E-state index in [1.807, 2.05) is 10.8 Å². The van der Waals surface area contributed by atoms with Gasteiger partial charge in [0.15, 0.2) is 0 Å². The van der Waals surface area contributed by atoms with Crippen LogP contribution in [-0.4, -0.2) is 40.5 Å². The molecule has 5 heteroatoms. The number of carbonyl (C=O) groups excluding carboxylic acids is 1. The van der Waals surface area contributed by atoms with Crippen LogP contribution in [-0.2, 0) is 17.9 Å². The largest absolute Gasteiger partial charge is 0.349 e. The summed E-state index contributed by atoms with van der Waals surface area (Å²) in [6.45, 7) is 5.66. The second kappa shape index (κ2) is 6.39. The fourth-order valence-corrected chi connectivity index (χ4v) is 1.38. The lowest BCUT2D eigenvalue weighted by Crippen LogP contribution is -2.22. The minimum absolute atomic E-state index is 0.139. The van der Waals surface area contributed by atoms with Crippen molar-refractivity contribution in [3.8, 4) is 0 Å². The summed E-state index contributed by atoms with van der Waals surface area (Å²) in [5.41, 5.74) is 1.01. The second-order valence-corrected chi connectivity index (χ2v) is 4.68. The first-order chi connectivity index (χ1) is 7.99. The van der Waals surface area contributed by atoms with E-state index in [2.05, 4.69) is 24.1 Å². The lowest BCUT2D eigenvalue weighted by atomic mass is 10.3. The molecule has 1 amide bonds. The van der Waals surface area contributed by atoms with Crippen LogP contribution in [0.1, 0.15) is 26.0 Å². The third kappa shape index (κ3) is 4.99. The molecule has 96 valence electrons. The third-order valence-corrected chi connectivity index (χ3v) is 2.46. The standard InChI is InChI=1S/C12H22N4O/c1-10(2)13-7-11-8-16(9-14-11)6-5-12(17)15(3)4/h8-10,13H,5-7H2,1-4H3. The Hall–Kier alpha value is -1.36. The number of carbonyl (C=O) groups is 1. The van der Waals surface area contributed by atoms with Crippen LogP contribution < -0.4 is 5.32 Å². The smallest absolute Gasteiger partial charge is 0.223 e. The Kier molecular flexibility index (Phi) is 5.15. The van der Waals surface area contributed by atoms with E-state index in [0.717, 1.165) is 12.2 Å². The van der Waals surface area contributed by atoms with Gasteiger partial charge in [0, 0.05) is 45.8 Å². The van der Waals surface area contributed by atoms with E-state index >= 15 is 0 Å². The Balaban J connectivity index is 2.38. The summed E-state index contributed by atoms with van der Waals surface area (Å²) in [7, 11) is 3.54. The van der Waals surface area contributed by atoms with Gasteiger partial charge in [-0.1, -0.05) is 13.8 Å². The third-order valence-electron chi connectivity index (χ3n) is 2.46. The molecule has 0 aliphatic rings.